The Labute approximate surface area is 174 Å². The summed E-state index contributed by atoms with van der Waals surface area (Å²) in [6, 6.07) is 7.02. The van der Waals surface area contributed by atoms with E-state index in [9.17, 15) is 0 Å². The molecule has 0 amide bonds. The van der Waals surface area contributed by atoms with E-state index in [0.29, 0.717) is 0 Å². The lowest BCUT2D eigenvalue weighted by molar-refractivity contribution is 0.0891. The molecule has 4 rings (SSSR count). The van der Waals surface area contributed by atoms with Crippen molar-refractivity contribution < 1.29 is 4.74 Å². The number of hydrogen-bond donors (Lipinski definition) is 0. The van der Waals surface area contributed by atoms with Crippen molar-refractivity contribution in [2.45, 2.75) is 65.1 Å². The normalized spacial score (nSPS) is 21.6. The van der Waals surface area contributed by atoms with Crippen LogP contribution in [0.1, 0.15) is 55.6 Å². The monoisotopic (exact) mass is 398 g/mol. The SMILES string of the molecule is CCC[C@@H](c1nnnn1C[C@H]1CCCO1)N1CCN(c2cc(C)ccc2C)CC1. The van der Waals surface area contributed by atoms with Crippen LogP contribution in [-0.4, -0.2) is 64.0 Å². The molecule has 0 saturated carbocycles. The second kappa shape index (κ2) is 9.22. The highest BCUT2D eigenvalue weighted by atomic mass is 16.5. The summed E-state index contributed by atoms with van der Waals surface area (Å²) in [6.07, 6.45) is 4.69. The Morgan fingerprint density at radius 2 is 2.00 bits per heavy atom. The van der Waals surface area contributed by atoms with Gasteiger partial charge in [-0.3, -0.25) is 4.90 Å². The fourth-order valence-electron chi connectivity index (χ4n) is 4.64. The van der Waals surface area contributed by atoms with Crippen LogP contribution >= 0.6 is 0 Å². The van der Waals surface area contributed by atoms with Crippen molar-refractivity contribution in [3.63, 3.8) is 0 Å². The molecule has 0 N–H and O–H groups in total. The zero-order chi connectivity index (χ0) is 20.2. The van der Waals surface area contributed by atoms with Gasteiger partial charge in [0.1, 0.15) is 0 Å². The summed E-state index contributed by atoms with van der Waals surface area (Å²) in [6.45, 7) is 12.4. The quantitative estimate of drug-likeness (QED) is 0.714. The largest absolute Gasteiger partial charge is 0.376 e. The number of aryl methyl sites for hydroxylation is 2. The number of nitrogens with zero attached hydrogens (tertiary/aromatic N) is 6. The first-order valence-corrected chi connectivity index (χ1v) is 11.1. The summed E-state index contributed by atoms with van der Waals surface area (Å²) in [5.74, 6) is 1.00. The Morgan fingerprint density at radius 3 is 2.72 bits per heavy atom. The fraction of sp³-hybridized carbons (Fsp3) is 0.682. The van der Waals surface area contributed by atoms with Crippen LogP contribution in [-0.2, 0) is 11.3 Å². The molecule has 2 aliphatic heterocycles. The molecule has 2 aliphatic rings. The highest BCUT2D eigenvalue weighted by molar-refractivity contribution is 5.55. The number of benzene rings is 1. The molecule has 2 aromatic rings. The molecular formula is C22H34N6O. The standard InChI is InChI=1S/C22H34N6O/c1-4-6-20(22-23-24-25-28(22)16-19-7-5-14-29-19)26-10-12-27(13-11-26)21-15-17(2)8-9-18(21)3/h8-9,15,19-20H,4-7,10-14,16H2,1-3H3/t19-,20+/m1/s1. The van der Waals surface area contributed by atoms with Crippen LogP contribution in [0.25, 0.3) is 0 Å². The molecule has 1 aromatic heterocycles. The molecule has 158 valence electrons. The van der Waals surface area contributed by atoms with E-state index in [2.05, 4.69) is 64.3 Å². The molecule has 0 aliphatic carbocycles. The number of hydrogen-bond acceptors (Lipinski definition) is 6. The molecule has 3 heterocycles. The van der Waals surface area contributed by atoms with Gasteiger partial charge in [0.25, 0.3) is 0 Å². The Morgan fingerprint density at radius 1 is 1.17 bits per heavy atom. The maximum atomic E-state index is 5.81. The van der Waals surface area contributed by atoms with Crippen molar-refractivity contribution in [3.8, 4) is 0 Å². The summed E-state index contributed by atoms with van der Waals surface area (Å²) >= 11 is 0. The topological polar surface area (TPSA) is 59.3 Å². The van der Waals surface area contributed by atoms with Gasteiger partial charge in [0.15, 0.2) is 5.82 Å². The van der Waals surface area contributed by atoms with Gasteiger partial charge in [0, 0.05) is 38.5 Å². The Balaban J connectivity index is 1.45. The number of ether oxygens (including phenoxy) is 1. The molecule has 2 fully saturated rings. The van der Waals surface area contributed by atoms with Crippen molar-refractivity contribution in [2.75, 3.05) is 37.7 Å². The van der Waals surface area contributed by atoms with Crippen LogP contribution < -0.4 is 4.90 Å². The van der Waals surface area contributed by atoms with Gasteiger partial charge in [-0.05, 0) is 60.7 Å². The van der Waals surface area contributed by atoms with E-state index in [1.165, 1.54) is 16.8 Å². The van der Waals surface area contributed by atoms with Crippen LogP contribution in [0.15, 0.2) is 18.2 Å². The minimum Gasteiger partial charge on any atom is -0.376 e. The molecule has 7 heteroatoms. The average molecular weight is 399 g/mol. The number of tetrazole rings is 1. The second-order valence-corrected chi connectivity index (χ2v) is 8.47. The van der Waals surface area contributed by atoms with Crippen molar-refractivity contribution in [1.82, 2.24) is 25.1 Å². The fourth-order valence-corrected chi connectivity index (χ4v) is 4.64. The van der Waals surface area contributed by atoms with Crippen molar-refractivity contribution in [2.24, 2.45) is 0 Å². The number of piperazine rings is 1. The van der Waals surface area contributed by atoms with Crippen molar-refractivity contribution in [1.29, 1.82) is 0 Å². The minimum atomic E-state index is 0.251. The first-order chi connectivity index (χ1) is 14.2. The number of rotatable bonds is 7. The van der Waals surface area contributed by atoms with Gasteiger partial charge in [-0.1, -0.05) is 25.5 Å². The Kier molecular flexibility index (Phi) is 6.45. The van der Waals surface area contributed by atoms with E-state index in [1.807, 2.05) is 4.68 Å². The second-order valence-electron chi connectivity index (χ2n) is 8.47. The molecular weight excluding hydrogens is 364 g/mol. The molecule has 0 spiro atoms. The first kappa shape index (κ1) is 20.3. The van der Waals surface area contributed by atoms with Gasteiger partial charge in [-0.25, -0.2) is 4.68 Å². The summed E-state index contributed by atoms with van der Waals surface area (Å²) < 4.78 is 7.81. The van der Waals surface area contributed by atoms with Crippen LogP contribution in [0.4, 0.5) is 5.69 Å². The highest BCUT2D eigenvalue weighted by Crippen LogP contribution is 2.28. The minimum absolute atomic E-state index is 0.251. The smallest absolute Gasteiger partial charge is 0.168 e. The van der Waals surface area contributed by atoms with Gasteiger partial charge in [-0.15, -0.1) is 5.10 Å². The lowest BCUT2D eigenvalue weighted by Crippen LogP contribution is -2.48. The van der Waals surface area contributed by atoms with Gasteiger partial charge in [0.2, 0.25) is 0 Å². The summed E-state index contributed by atoms with van der Waals surface area (Å²) in [5, 5.41) is 12.8. The summed E-state index contributed by atoms with van der Waals surface area (Å²) in [5.41, 5.74) is 4.06. The van der Waals surface area contributed by atoms with Crippen molar-refractivity contribution in [3.05, 3.63) is 35.2 Å². The number of aromatic nitrogens is 4. The molecule has 7 nitrogen and oxygen atoms in total. The van der Waals surface area contributed by atoms with Gasteiger partial charge in [-0.2, -0.15) is 0 Å². The highest BCUT2D eigenvalue weighted by Gasteiger charge is 2.30. The van der Waals surface area contributed by atoms with E-state index >= 15 is 0 Å². The molecule has 0 radical (unpaired) electrons. The van der Waals surface area contributed by atoms with Gasteiger partial charge in [0.05, 0.1) is 18.7 Å². The lowest BCUT2D eigenvalue weighted by Gasteiger charge is -2.40. The van der Waals surface area contributed by atoms with Gasteiger partial charge >= 0.3 is 0 Å². The summed E-state index contributed by atoms with van der Waals surface area (Å²) in [7, 11) is 0. The van der Waals surface area contributed by atoms with E-state index in [-0.39, 0.29) is 12.1 Å². The maximum absolute atomic E-state index is 5.81. The molecule has 0 unspecified atom stereocenters. The van der Waals surface area contributed by atoms with Crippen LogP contribution in [0.3, 0.4) is 0 Å². The molecule has 29 heavy (non-hydrogen) atoms. The van der Waals surface area contributed by atoms with Gasteiger partial charge < -0.3 is 9.64 Å². The Bertz CT molecular complexity index is 792. The zero-order valence-electron chi connectivity index (χ0n) is 18.0. The van der Waals surface area contributed by atoms with Crippen molar-refractivity contribution >= 4 is 5.69 Å². The predicted molar refractivity (Wildman–Crippen MR) is 114 cm³/mol. The maximum Gasteiger partial charge on any atom is 0.168 e. The van der Waals surface area contributed by atoms with E-state index in [4.69, 9.17) is 4.74 Å². The zero-order valence-corrected chi connectivity index (χ0v) is 18.0. The Hall–Kier alpha value is -1.99. The third kappa shape index (κ3) is 4.61. The van der Waals surface area contributed by atoms with E-state index in [0.717, 1.165) is 70.8 Å². The average Bonchev–Trinajstić information content (AvgIpc) is 3.41. The molecule has 0 bridgehead atoms. The first-order valence-electron chi connectivity index (χ1n) is 11.1. The lowest BCUT2D eigenvalue weighted by atomic mass is 10.1. The third-order valence-electron chi connectivity index (χ3n) is 6.28. The molecule has 2 atom stereocenters. The molecule has 1 aromatic carbocycles. The summed E-state index contributed by atoms with van der Waals surface area (Å²) in [4.78, 5) is 5.10. The van der Waals surface area contributed by atoms with Crippen LogP contribution in [0.5, 0.6) is 0 Å². The van der Waals surface area contributed by atoms with E-state index < -0.39 is 0 Å². The number of anilines is 1. The predicted octanol–water partition coefficient (Wildman–Crippen LogP) is 3.13. The molecule has 2 saturated heterocycles. The van der Waals surface area contributed by atoms with Crippen LogP contribution in [0.2, 0.25) is 0 Å². The van der Waals surface area contributed by atoms with E-state index in [1.54, 1.807) is 0 Å². The van der Waals surface area contributed by atoms with Crippen LogP contribution in [0, 0.1) is 13.8 Å². The third-order valence-corrected chi connectivity index (χ3v) is 6.28.